The first-order chi connectivity index (χ1) is 11.2. The molecule has 0 radical (unpaired) electrons. The van der Waals surface area contributed by atoms with Crippen LogP contribution in [0.1, 0.15) is 28.2 Å². The van der Waals surface area contributed by atoms with E-state index in [0.717, 1.165) is 14.8 Å². The molecule has 116 valence electrons. The minimum atomic E-state index is -0.0996. The number of amides is 1. The zero-order chi connectivity index (χ0) is 16.1. The molecular weight excluding hydrogens is 324 g/mol. The van der Waals surface area contributed by atoms with E-state index in [1.165, 1.54) is 11.8 Å². The Morgan fingerprint density at radius 3 is 2.70 bits per heavy atom. The lowest BCUT2D eigenvalue weighted by atomic mass is 10.2. The molecule has 0 aliphatic carbocycles. The summed E-state index contributed by atoms with van der Waals surface area (Å²) in [6.07, 6.45) is 1.71. The molecule has 1 atom stereocenters. The summed E-state index contributed by atoms with van der Waals surface area (Å²) in [6, 6.07) is 17.5. The molecule has 23 heavy (non-hydrogen) atoms. The molecule has 5 heteroatoms. The number of nitrogens with one attached hydrogen (secondary N) is 1. The summed E-state index contributed by atoms with van der Waals surface area (Å²) in [5.41, 5.74) is 0.602. The monoisotopic (exact) mass is 340 g/mol. The fraction of sp³-hybridized carbons (Fsp3) is 0.111. The van der Waals surface area contributed by atoms with Crippen LogP contribution in [0.5, 0.6) is 0 Å². The minimum Gasteiger partial charge on any atom is -0.345 e. The molecule has 0 bridgehead atoms. The Hall–Kier alpha value is -2.11. The first kappa shape index (κ1) is 15.8. The van der Waals surface area contributed by atoms with Gasteiger partial charge in [0.05, 0.1) is 11.6 Å². The van der Waals surface area contributed by atoms with Crippen molar-refractivity contribution in [1.82, 2.24) is 10.3 Å². The molecule has 0 fully saturated rings. The Bertz CT molecular complexity index is 773. The van der Waals surface area contributed by atoms with Gasteiger partial charge in [-0.3, -0.25) is 4.79 Å². The van der Waals surface area contributed by atoms with E-state index < -0.39 is 0 Å². The maximum atomic E-state index is 12.6. The summed E-state index contributed by atoms with van der Waals surface area (Å²) in [5, 5.41) is 5.77. The van der Waals surface area contributed by atoms with Crippen molar-refractivity contribution in [3.05, 3.63) is 76.6 Å². The highest BCUT2D eigenvalue weighted by Crippen LogP contribution is 2.28. The van der Waals surface area contributed by atoms with Gasteiger partial charge in [-0.25, -0.2) is 4.98 Å². The lowest BCUT2D eigenvalue weighted by Gasteiger charge is -2.14. The molecule has 1 amide bonds. The van der Waals surface area contributed by atoms with Crippen molar-refractivity contribution in [3.63, 3.8) is 0 Å². The van der Waals surface area contributed by atoms with Gasteiger partial charge in [0.1, 0.15) is 5.03 Å². The maximum absolute atomic E-state index is 12.6. The van der Waals surface area contributed by atoms with Crippen LogP contribution in [0.2, 0.25) is 0 Å². The average Bonchev–Trinajstić information content (AvgIpc) is 3.11. The number of aromatic nitrogens is 1. The molecule has 1 N–H and O–H groups in total. The predicted molar refractivity (Wildman–Crippen MR) is 95.0 cm³/mol. The summed E-state index contributed by atoms with van der Waals surface area (Å²) in [6.45, 7) is 1.99. The number of rotatable bonds is 5. The molecule has 0 aliphatic rings. The predicted octanol–water partition coefficient (Wildman–Crippen LogP) is 4.79. The van der Waals surface area contributed by atoms with Gasteiger partial charge in [0.2, 0.25) is 0 Å². The number of hydrogen-bond acceptors (Lipinski definition) is 4. The Balaban J connectivity index is 1.78. The highest BCUT2D eigenvalue weighted by molar-refractivity contribution is 7.99. The fourth-order valence-corrected chi connectivity index (χ4v) is 3.76. The second kappa shape index (κ2) is 7.44. The smallest absolute Gasteiger partial charge is 0.254 e. The number of pyridine rings is 1. The van der Waals surface area contributed by atoms with Crippen LogP contribution in [0.4, 0.5) is 0 Å². The van der Waals surface area contributed by atoms with E-state index >= 15 is 0 Å². The van der Waals surface area contributed by atoms with Crippen molar-refractivity contribution in [3.8, 4) is 0 Å². The number of carbonyl (C=O) groups is 1. The lowest BCUT2D eigenvalue weighted by Crippen LogP contribution is -2.26. The molecular formula is C18H16N2OS2. The summed E-state index contributed by atoms with van der Waals surface area (Å²) >= 11 is 3.14. The maximum Gasteiger partial charge on any atom is 0.254 e. The highest BCUT2D eigenvalue weighted by Gasteiger charge is 2.16. The summed E-state index contributed by atoms with van der Waals surface area (Å²) in [5.74, 6) is -0.0996. The van der Waals surface area contributed by atoms with Gasteiger partial charge in [-0.2, -0.15) is 0 Å². The minimum absolute atomic E-state index is 0.0164. The van der Waals surface area contributed by atoms with E-state index in [2.05, 4.69) is 10.3 Å². The highest BCUT2D eigenvalue weighted by atomic mass is 32.2. The van der Waals surface area contributed by atoms with Crippen LogP contribution in [0.15, 0.2) is 76.1 Å². The normalized spacial score (nSPS) is 11.9. The Labute approximate surface area is 143 Å². The molecule has 3 aromatic rings. The van der Waals surface area contributed by atoms with Crippen molar-refractivity contribution in [2.45, 2.75) is 22.9 Å². The van der Waals surface area contributed by atoms with Crippen molar-refractivity contribution in [2.24, 2.45) is 0 Å². The van der Waals surface area contributed by atoms with Crippen molar-refractivity contribution in [1.29, 1.82) is 0 Å². The molecule has 0 aliphatic heterocycles. The molecule has 0 saturated heterocycles. The molecule has 1 unspecified atom stereocenters. The van der Waals surface area contributed by atoms with Gasteiger partial charge in [0, 0.05) is 16.0 Å². The first-order valence-corrected chi connectivity index (χ1v) is 8.96. The second-order valence-electron chi connectivity index (χ2n) is 4.98. The SMILES string of the molecule is CC(NC(=O)c1cccnc1Sc1ccccc1)c1cccs1. The largest absolute Gasteiger partial charge is 0.345 e. The van der Waals surface area contributed by atoms with Crippen LogP contribution in [0, 0.1) is 0 Å². The van der Waals surface area contributed by atoms with Gasteiger partial charge in [-0.1, -0.05) is 36.0 Å². The Morgan fingerprint density at radius 2 is 1.96 bits per heavy atom. The van der Waals surface area contributed by atoms with Crippen LogP contribution in [-0.2, 0) is 0 Å². The van der Waals surface area contributed by atoms with E-state index in [1.807, 2.05) is 60.8 Å². The third-order valence-corrected chi connectivity index (χ3v) is 5.37. The third-order valence-electron chi connectivity index (χ3n) is 3.29. The topological polar surface area (TPSA) is 42.0 Å². The average molecular weight is 340 g/mol. The van der Waals surface area contributed by atoms with Crippen LogP contribution >= 0.6 is 23.1 Å². The zero-order valence-electron chi connectivity index (χ0n) is 12.6. The third kappa shape index (κ3) is 4.00. The van der Waals surface area contributed by atoms with Crippen LogP contribution in [-0.4, -0.2) is 10.9 Å². The van der Waals surface area contributed by atoms with Crippen molar-refractivity contribution < 1.29 is 4.79 Å². The summed E-state index contributed by atoms with van der Waals surface area (Å²) in [4.78, 5) is 19.2. The zero-order valence-corrected chi connectivity index (χ0v) is 14.2. The first-order valence-electron chi connectivity index (χ1n) is 7.26. The Morgan fingerprint density at radius 1 is 1.13 bits per heavy atom. The van der Waals surface area contributed by atoms with E-state index in [-0.39, 0.29) is 11.9 Å². The second-order valence-corrected chi connectivity index (χ2v) is 7.02. The molecule has 3 rings (SSSR count). The number of thiophene rings is 1. The van der Waals surface area contributed by atoms with Gasteiger partial charge >= 0.3 is 0 Å². The molecule has 3 nitrogen and oxygen atoms in total. The number of hydrogen-bond donors (Lipinski definition) is 1. The number of carbonyl (C=O) groups excluding carboxylic acids is 1. The van der Waals surface area contributed by atoms with Crippen molar-refractivity contribution in [2.75, 3.05) is 0 Å². The van der Waals surface area contributed by atoms with Gasteiger partial charge in [0.25, 0.3) is 5.91 Å². The van der Waals surface area contributed by atoms with Crippen LogP contribution in [0.3, 0.4) is 0 Å². The molecule has 0 saturated carbocycles. The number of nitrogens with zero attached hydrogens (tertiary/aromatic N) is 1. The quantitative estimate of drug-likeness (QED) is 0.726. The summed E-state index contributed by atoms with van der Waals surface area (Å²) < 4.78 is 0. The van der Waals surface area contributed by atoms with Crippen LogP contribution in [0.25, 0.3) is 0 Å². The van der Waals surface area contributed by atoms with Gasteiger partial charge < -0.3 is 5.32 Å². The van der Waals surface area contributed by atoms with E-state index in [9.17, 15) is 4.79 Å². The van der Waals surface area contributed by atoms with E-state index in [1.54, 1.807) is 23.6 Å². The van der Waals surface area contributed by atoms with Crippen LogP contribution < -0.4 is 5.32 Å². The molecule has 1 aromatic carbocycles. The van der Waals surface area contributed by atoms with Gasteiger partial charge in [-0.05, 0) is 42.6 Å². The van der Waals surface area contributed by atoms with Gasteiger partial charge in [0.15, 0.2) is 0 Å². The molecule has 2 heterocycles. The summed E-state index contributed by atoms with van der Waals surface area (Å²) in [7, 11) is 0. The molecule has 0 spiro atoms. The van der Waals surface area contributed by atoms with Gasteiger partial charge in [-0.15, -0.1) is 11.3 Å². The standard InChI is InChI=1S/C18H16N2OS2/c1-13(16-10-6-12-22-16)20-17(21)15-9-5-11-19-18(15)23-14-7-3-2-4-8-14/h2-13H,1H3,(H,20,21). The fourth-order valence-electron chi connectivity index (χ4n) is 2.13. The Kier molecular flexibility index (Phi) is 5.10. The van der Waals surface area contributed by atoms with Crippen molar-refractivity contribution >= 4 is 29.0 Å². The lowest BCUT2D eigenvalue weighted by molar-refractivity contribution is 0.0937. The number of benzene rings is 1. The molecule has 2 aromatic heterocycles. The van der Waals surface area contributed by atoms with E-state index in [4.69, 9.17) is 0 Å². The van der Waals surface area contributed by atoms with E-state index in [0.29, 0.717) is 5.56 Å².